The molecule has 0 aliphatic carbocycles. The number of sulfonamides is 1. The molecule has 0 aliphatic rings. The Morgan fingerprint density at radius 2 is 1.78 bits per heavy atom. The van der Waals surface area contributed by atoms with Crippen LogP contribution in [0, 0.1) is 5.82 Å². The number of benzene rings is 2. The molecular weight excluding hydrogens is 369 g/mol. The van der Waals surface area contributed by atoms with Crippen molar-refractivity contribution in [3.05, 3.63) is 59.9 Å². The van der Waals surface area contributed by atoms with Crippen molar-refractivity contribution in [2.45, 2.75) is 37.1 Å². The SMILES string of the molecule is CCC(CC)(CN)NC(=O)c1cccc(S(=O)(=O)Nc2ccccc2F)c1. The van der Waals surface area contributed by atoms with Gasteiger partial charge in [0, 0.05) is 12.1 Å². The van der Waals surface area contributed by atoms with Gasteiger partial charge in [-0.3, -0.25) is 9.52 Å². The van der Waals surface area contributed by atoms with Gasteiger partial charge in [-0.05, 0) is 43.2 Å². The fourth-order valence-electron chi connectivity index (χ4n) is 2.63. The largest absolute Gasteiger partial charge is 0.345 e. The fraction of sp³-hybridized carbons (Fsp3) is 0.316. The lowest BCUT2D eigenvalue weighted by molar-refractivity contribution is 0.0895. The molecule has 1 amide bonds. The second-order valence-electron chi connectivity index (χ2n) is 6.26. The van der Waals surface area contributed by atoms with Crippen molar-refractivity contribution in [1.29, 1.82) is 0 Å². The van der Waals surface area contributed by atoms with E-state index in [1.807, 2.05) is 13.8 Å². The van der Waals surface area contributed by atoms with Gasteiger partial charge in [-0.1, -0.05) is 32.0 Å². The van der Waals surface area contributed by atoms with Crippen molar-refractivity contribution in [3.8, 4) is 0 Å². The number of rotatable bonds is 8. The van der Waals surface area contributed by atoms with E-state index in [1.54, 1.807) is 0 Å². The summed E-state index contributed by atoms with van der Waals surface area (Å²) in [7, 11) is -4.05. The Balaban J connectivity index is 2.28. The lowest BCUT2D eigenvalue weighted by atomic mass is 9.92. The minimum Gasteiger partial charge on any atom is -0.345 e. The number of carbonyl (C=O) groups excluding carboxylic acids is 1. The molecule has 0 unspecified atom stereocenters. The molecule has 0 saturated carbocycles. The molecule has 0 aliphatic heterocycles. The Hall–Kier alpha value is -2.45. The first-order valence-corrected chi connectivity index (χ1v) is 10.1. The van der Waals surface area contributed by atoms with E-state index in [-0.39, 0.29) is 22.7 Å². The zero-order valence-corrected chi connectivity index (χ0v) is 16.1. The van der Waals surface area contributed by atoms with Crippen LogP contribution in [0.25, 0.3) is 0 Å². The van der Waals surface area contributed by atoms with Crippen LogP contribution >= 0.6 is 0 Å². The molecule has 0 fully saturated rings. The summed E-state index contributed by atoms with van der Waals surface area (Å²) < 4.78 is 41.0. The Morgan fingerprint density at radius 3 is 2.37 bits per heavy atom. The van der Waals surface area contributed by atoms with Gasteiger partial charge in [-0.25, -0.2) is 12.8 Å². The van der Waals surface area contributed by atoms with Crippen molar-refractivity contribution in [1.82, 2.24) is 5.32 Å². The van der Waals surface area contributed by atoms with Gasteiger partial charge < -0.3 is 11.1 Å². The number of nitrogens with two attached hydrogens (primary N) is 1. The summed E-state index contributed by atoms with van der Waals surface area (Å²) in [6.07, 6.45) is 1.30. The second-order valence-corrected chi connectivity index (χ2v) is 7.94. The Kier molecular flexibility index (Phi) is 6.56. The number of hydrogen-bond donors (Lipinski definition) is 3. The summed E-state index contributed by atoms with van der Waals surface area (Å²) >= 11 is 0. The van der Waals surface area contributed by atoms with Crippen LogP contribution in [0.1, 0.15) is 37.0 Å². The van der Waals surface area contributed by atoms with E-state index in [9.17, 15) is 17.6 Å². The van der Waals surface area contributed by atoms with E-state index in [4.69, 9.17) is 5.73 Å². The minimum absolute atomic E-state index is 0.134. The molecule has 2 aromatic carbocycles. The first-order valence-electron chi connectivity index (χ1n) is 8.67. The number of anilines is 1. The molecule has 6 nitrogen and oxygen atoms in total. The lowest BCUT2D eigenvalue weighted by Gasteiger charge is -2.31. The van der Waals surface area contributed by atoms with Gasteiger partial charge in [0.15, 0.2) is 0 Å². The topological polar surface area (TPSA) is 101 Å². The van der Waals surface area contributed by atoms with Gasteiger partial charge >= 0.3 is 0 Å². The molecule has 8 heteroatoms. The van der Waals surface area contributed by atoms with Gasteiger partial charge in [-0.2, -0.15) is 0 Å². The maximum atomic E-state index is 13.7. The number of hydrogen-bond acceptors (Lipinski definition) is 4. The summed E-state index contributed by atoms with van der Waals surface area (Å²) in [5.74, 6) is -1.10. The molecule has 0 atom stereocenters. The van der Waals surface area contributed by atoms with Gasteiger partial charge in [0.2, 0.25) is 0 Å². The predicted octanol–water partition coefficient (Wildman–Crippen LogP) is 2.87. The highest BCUT2D eigenvalue weighted by Crippen LogP contribution is 2.20. The summed E-state index contributed by atoms with van der Waals surface area (Å²) in [5, 5.41) is 2.89. The molecule has 0 spiro atoms. The zero-order valence-electron chi connectivity index (χ0n) is 15.3. The van der Waals surface area contributed by atoms with Crippen molar-refractivity contribution in [2.75, 3.05) is 11.3 Å². The van der Waals surface area contributed by atoms with Crippen LogP contribution in [0.3, 0.4) is 0 Å². The molecule has 27 heavy (non-hydrogen) atoms. The lowest BCUT2D eigenvalue weighted by Crippen LogP contribution is -2.52. The highest BCUT2D eigenvalue weighted by atomic mass is 32.2. The van der Waals surface area contributed by atoms with Crippen molar-refractivity contribution in [3.63, 3.8) is 0 Å². The number of halogens is 1. The molecule has 0 bridgehead atoms. The van der Waals surface area contributed by atoms with E-state index < -0.39 is 27.3 Å². The van der Waals surface area contributed by atoms with Crippen LogP contribution in [-0.4, -0.2) is 26.4 Å². The molecule has 146 valence electrons. The highest BCUT2D eigenvalue weighted by Gasteiger charge is 2.27. The molecule has 0 aromatic heterocycles. The third-order valence-corrected chi connectivity index (χ3v) is 6.01. The number of carbonyl (C=O) groups is 1. The van der Waals surface area contributed by atoms with E-state index >= 15 is 0 Å². The van der Waals surface area contributed by atoms with Crippen molar-refractivity contribution in [2.24, 2.45) is 5.73 Å². The summed E-state index contributed by atoms with van der Waals surface area (Å²) in [6.45, 7) is 4.13. The number of para-hydroxylation sites is 1. The van der Waals surface area contributed by atoms with Gasteiger partial charge in [0.05, 0.1) is 16.1 Å². The summed E-state index contributed by atoms with van der Waals surface area (Å²) in [5.41, 5.74) is 5.28. The quantitative estimate of drug-likeness (QED) is 0.642. The monoisotopic (exact) mass is 393 g/mol. The number of amides is 1. The van der Waals surface area contributed by atoms with Crippen LogP contribution in [-0.2, 0) is 10.0 Å². The maximum Gasteiger partial charge on any atom is 0.262 e. The standard InChI is InChI=1S/C19H24FN3O3S/c1-3-19(4-2,13-21)22-18(24)14-8-7-9-15(12-14)27(25,26)23-17-11-6-5-10-16(17)20/h5-12,23H,3-4,13,21H2,1-2H3,(H,22,24). The summed E-state index contributed by atoms with van der Waals surface area (Å²) in [6, 6.07) is 11.0. The van der Waals surface area contributed by atoms with Crippen LogP contribution < -0.4 is 15.8 Å². The van der Waals surface area contributed by atoms with Gasteiger partial charge in [-0.15, -0.1) is 0 Å². The van der Waals surface area contributed by atoms with E-state index in [1.165, 1.54) is 42.5 Å². The third-order valence-electron chi connectivity index (χ3n) is 4.65. The van der Waals surface area contributed by atoms with Crippen LogP contribution in [0.2, 0.25) is 0 Å². The Labute approximate surface area is 159 Å². The third kappa shape index (κ3) is 4.84. The van der Waals surface area contributed by atoms with Crippen molar-refractivity contribution < 1.29 is 17.6 Å². The molecule has 0 radical (unpaired) electrons. The molecule has 2 rings (SSSR count). The average Bonchev–Trinajstić information content (AvgIpc) is 2.68. The van der Waals surface area contributed by atoms with Gasteiger partial charge in [0.1, 0.15) is 5.82 Å². The fourth-order valence-corrected chi connectivity index (χ4v) is 3.74. The number of nitrogens with one attached hydrogen (secondary N) is 2. The van der Waals surface area contributed by atoms with Gasteiger partial charge in [0.25, 0.3) is 15.9 Å². The van der Waals surface area contributed by atoms with Crippen molar-refractivity contribution >= 4 is 21.6 Å². The second kappa shape index (κ2) is 8.49. The van der Waals surface area contributed by atoms with E-state index in [2.05, 4.69) is 10.0 Å². The maximum absolute atomic E-state index is 13.7. The predicted molar refractivity (Wildman–Crippen MR) is 103 cm³/mol. The molecule has 0 saturated heterocycles. The highest BCUT2D eigenvalue weighted by molar-refractivity contribution is 7.92. The first-order chi connectivity index (χ1) is 12.8. The smallest absolute Gasteiger partial charge is 0.262 e. The molecular formula is C19H24FN3O3S. The first kappa shape index (κ1) is 20.9. The average molecular weight is 393 g/mol. The summed E-state index contributed by atoms with van der Waals surface area (Å²) in [4.78, 5) is 12.5. The van der Waals surface area contributed by atoms with Crippen LogP contribution in [0.4, 0.5) is 10.1 Å². The van der Waals surface area contributed by atoms with Crippen LogP contribution in [0.15, 0.2) is 53.4 Å². The Morgan fingerprint density at radius 1 is 1.11 bits per heavy atom. The molecule has 2 aromatic rings. The van der Waals surface area contributed by atoms with E-state index in [0.717, 1.165) is 6.07 Å². The Bertz CT molecular complexity index is 904. The van der Waals surface area contributed by atoms with Crippen LogP contribution in [0.5, 0.6) is 0 Å². The molecule has 4 N–H and O–H groups in total. The molecule has 0 heterocycles. The van der Waals surface area contributed by atoms with E-state index in [0.29, 0.717) is 12.8 Å². The normalized spacial score (nSPS) is 11.9. The zero-order chi connectivity index (χ0) is 20.1. The minimum atomic E-state index is -4.05.